The number of carboxylic acid groups (broad SMARTS) is 1. The molecule has 122 valence electrons. The number of halogens is 1. The smallest absolute Gasteiger partial charge is 0.304 e. The van der Waals surface area contributed by atoms with E-state index in [0.717, 1.165) is 5.56 Å². The van der Waals surface area contributed by atoms with E-state index in [9.17, 15) is 9.59 Å². The summed E-state index contributed by atoms with van der Waals surface area (Å²) in [6, 6.07) is 8.79. The van der Waals surface area contributed by atoms with E-state index >= 15 is 0 Å². The summed E-state index contributed by atoms with van der Waals surface area (Å²) in [6.45, 7) is 0.759. The maximum atomic E-state index is 11.9. The Bertz CT molecular complexity index is 641. The largest absolute Gasteiger partial charge is 0.481 e. The van der Waals surface area contributed by atoms with Crippen LogP contribution >= 0.6 is 11.6 Å². The summed E-state index contributed by atoms with van der Waals surface area (Å²) in [4.78, 5) is 22.9. The highest BCUT2D eigenvalue weighted by Gasteiger charge is 2.16. The maximum Gasteiger partial charge on any atom is 0.304 e. The predicted octanol–water partition coefficient (Wildman–Crippen LogP) is 2.30. The van der Waals surface area contributed by atoms with Crippen molar-refractivity contribution in [2.45, 2.75) is 25.3 Å². The van der Waals surface area contributed by atoms with Crippen LogP contribution in [0.1, 0.15) is 24.3 Å². The number of aromatic nitrogens is 2. The zero-order valence-electron chi connectivity index (χ0n) is 12.5. The number of aliphatic carboxylic acids is 1. The summed E-state index contributed by atoms with van der Waals surface area (Å²) in [6.07, 6.45) is 3.68. The molecule has 6 nitrogen and oxygen atoms in total. The van der Waals surface area contributed by atoms with Gasteiger partial charge in [0.15, 0.2) is 0 Å². The first-order valence-corrected chi connectivity index (χ1v) is 7.64. The van der Waals surface area contributed by atoms with Crippen LogP contribution in [0.3, 0.4) is 0 Å². The molecule has 0 spiro atoms. The second kappa shape index (κ2) is 8.33. The molecule has 1 atom stereocenters. The Balaban J connectivity index is 1.88. The molecule has 0 aliphatic rings. The molecule has 1 aromatic heterocycles. The number of hydrogen-bond acceptors (Lipinski definition) is 3. The molecule has 2 aromatic rings. The van der Waals surface area contributed by atoms with Crippen molar-refractivity contribution in [1.29, 1.82) is 0 Å². The number of aryl methyl sites for hydroxylation is 1. The van der Waals surface area contributed by atoms with Crippen LogP contribution in [0.2, 0.25) is 5.02 Å². The summed E-state index contributed by atoms with van der Waals surface area (Å²) in [7, 11) is 0. The molecule has 0 saturated heterocycles. The second-order valence-corrected chi connectivity index (χ2v) is 5.61. The average molecular weight is 336 g/mol. The number of nitrogens with one attached hydrogen (secondary N) is 1. The lowest BCUT2D eigenvalue weighted by atomic mass is 9.95. The van der Waals surface area contributed by atoms with Gasteiger partial charge in [-0.1, -0.05) is 23.7 Å². The molecular weight excluding hydrogens is 318 g/mol. The summed E-state index contributed by atoms with van der Waals surface area (Å²) in [5.41, 5.74) is 0.837. The third kappa shape index (κ3) is 5.75. The van der Waals surface area contributed by atoms with Crippen molar-refractivity contribution in [2.75, 3.05) is 6.54 Å². The van der Waals surface area contributed by atoms with Crippen LogP contribution in [-0.4, -0.2) is 33.3 Å². The van der Waals surface area contributed by atoms with E-state index in [2.05, 4.69) is 10.4 Å². The van der Waals surface area contributed by atoms with E-state index in [1.54, 1.807) is 47.4 Å². The van der Waals surface area contributed by atoms with E-state index in [0.29, 0.717) is 18.0 Å². The molecule has 0 aliphatic heterocycles. The standard InChI is InChI=1S/C16H18ClN3O3/c17-14-4-2-12(3-5-14)13(10-16(22)23)11-18-15(21)6-9-20-8-1-7-19-20/h1-5,7-8,13H,6,9-11H2,(H,18,21)(H,22,23). The van der Waals surface area contributed by atoms with Gasteiger partial charge in [-0.2, -0.15) is 5.10 Å². The van der Waals surface area contributed by atoms with Crippen molar-refractivity contribution in [1.82, 2.24) is 15.1 Å². The zero-order chi connectivity index (χ0) is 16.7. The van der Waals surface area contributed by atoms with E-state index in [-0.39, 0.29) is 24.8 Å². The molecule has 2 N–H and O–H groups in total. The van der Waals surface area contributed by atoms with E-state index in [4.69, 9.17) is 16.7 Å². The van der Waals surface area contributed by atoms with Gasteiger partial charge in [-0.25, -0.2) is 0 Å². The monoisotopic (exact) mass is 335 g/mol. The van der Waals surface area contributed by atoms with Crippen molar-refractivity contribution >= 4 is 23.5 Å². The number of carbonyl (C=O) groups excluding carboxylic acids is 1. The summed E-state index contributed by atoms with van der Waals surface area (Å²) in [5.74, 6) is -1.33. The molecule has 23 heavy (non-hydrogen) atoms. The van der Waals surface area contributed by atoms with Gasteiger partial charge in [-0.3, -0.25) is 14.3 Å². The number of carbonyl (C=O) groups is 2. The van der Waals surface area contributed by atoms with Crippen molar-refractivity contribution in [3.63, 3.8) is 0 Å². The molecule has 0 fully saturated rings. The second-order valence-electron chi connectivity index (χ2n) is 5.17. The third-order valence-electron chi connectivity index (χ3n) is 3.44. The van der Waals surface area contributed by atoms with E-state index in [1.807, 2.05) is 0 Å². The van der Waals surface area contributed by atoms with Crippen LogP contribution in [0, 0.1) is 0 Å². The third-order valence-corrected chi connectivity index (χ3v) is 3.69. The lowest BCUT2D eigenvalue weighted by molar-refractivity contribution is -0.137. The van der Waals surface area contributed by atoms with Crippen LogP contribution in [0.4, 0.5) is 0 Å². The van der Waals surface area contributed by atoms with Gasteiger partial charge < -0.3 is 10.4 Å². The van der Waals surface area contributed by atoms with Crippen LogP contribution in [0.25, 0.3) is 0 Å². The molecule has 2 rings (SSSR count). The van der Waals surface area contributed by atoms with Crippen LogP contribution < -0.4 is 5.32 Å². The maximum absolute atomic E-state index is 11.9. The van der Waals surface area contributed by atoms with Crippen molar-refractivity contribution in [3.8, 4) is 0 Å². The first kappa shape index (κ1) is 17.0. The zero-order valence-corrected chi connectivity index (χ0v) is 13.2. The Morgan fingerprint density at radius 3 is 2.65 bits per heavy atom. The Morgan fingerprint density at radius 1 is 1.30 bits per heavy atom. The van der Waals surface area contributed by atoms with Gasteiger partial charge in [0.1, 0.15) is 0 Å². The lowest BCUT2D eigenvalue weighted by Gasteiger charge is -2.16. The number of amides is 1. The van der Waals surface area contributed by atoms with Gasteiger partial charge in [0.25, 0.3) is 0 Å². The summed E-state index contributed by atoms with van der Waals surface area (Å²) >= 11 is 5.85. The summed E-state index contributed by atoms with van der Waals surface area (Å²) in [5, 5.41) is 16.4. The van der Waals surface area contributed by atoms with Crippen molar-refractivity contribution < 1.29 is 14.7 Å². The minimum absolute atomic E-state index is 0.0545. The molecule has 1 heterocycles. The Hall–Kier alpha value is -2.34. The molecule has 0 bridgehead atoms. The average Bonchev–Trinajstić information content (AvgIpc) is 3.03. The molecule has 0 saturated carbocycles. The van der Waals surface area contributed by atoms with Crippen molar-refractivity contribution in [3.05, 3.63) is 53.3 Å². The summed E-state index contributed by atoms with van der Waals surface area (Å²) < 4.78 is 1.67. The Morgan fingerprint density at radius 2 is 2.04 bits per heavy atom. The predicted molar refractivity (Wildman–Crippen MR) is 86.3 cm³/mol. The normalized spacial score (nSPS) is 11.9. The molecule has 0 aliphatic carbocycles. The first-order chi connectivity index (χ1) is 11.0. The van der Waals surface area contributed by atoms with Crippen LogP contribution in [-0.2, 0) is 16.1 Å². The van der Waals surface area contributed by atoms with Gasteiger partial charge in [0.05, 0.1) is 6.42 Å². The van der Waals surface area contributed by atoms with E-state index < -0.39 is 5.97 Å². The van der Waals surface area contributed by atoms with Gasteiger partial charge in [-0.15, -0.1) is 0 Å². The minimum atomic E-state index is -0.907. The highest BCUT2D eigenvalue weighted by atomic mass is 35.5. The minimum Gasteiger partial charge on any atom is -0.481 e. The van der Waals surface area contributed by atoms with Gasteiger partial charge in [0, 0.05) is 42.8 Å². The molecule has 0 radical (unpaired) electrons. The number of hydrogen-bond donors (Lipinski definition) is 2. The fourth-order valence-corrected chi connectivity index (χ4v) is 2.35. The van der Waals surface area contributed by atoms with Gasteiger partial charge in [0.2, 0.25) is 5.91 Å². The first-order valence-electron chi connectivity index (χ1n) is 7.26. The molecule has 1 aromatic carbocycles. The number of nitrogens with zero attached hydrogens (tertiary/aromatic N) is 2. The molecular formula is C16H18ClN3O3. The fraction of sp³-hybridized carbons (Fsp3) is 0.312. The van der Waals surface area contributed by atoms with Crippen LogP contribution in [0.15, 0.2) is 42.7 Å². The fourth-order valence-electron chi connectivity index (χ4n) is 2.23. The molecule has 1 amide bonds. The molecule has 1 unspecified atom stereocenters. The van der Waals surface area contributed by atoms with Gasteiger partial charge >= 0.3 is 5.97 Å². The lowest BCUT2D eigenvalue weighted by Crippen LogP contribution is -2.30. The highest BCUT2D eigenvalue weighted by Crippen LogP contribution is 2.21. The number of benzene rings is 1. The Kier molecular flexibility index (Phi) is 6.17. The Labute approximate surface area is 139 Å². The van der Waals surface area contributed by atoms with Gasteiger partial charge in [-0.05, 0) is 23.8 Å². The van der Waals surface area contributed by atoms with Crippen LogP contribution in [0.5, 0.6) is 0 Å². The molecule has 7 heteroatoms. The highest BCUT2D eigenvalue weighted by molar-refractivity contribution is 6.30. The van der Waals surface area contributed by atoms with Crippen molar-refractivity contribution in [2.24, 2.45) is 0 Å². The van der Waals surface area contributed by atoms with E-state index in [1.165, 1.54) is 0 Å². The quantitative estimate of drug-likeness (QED) is 0.775. The number of carboxylic acids is 1. The number of rotatable bonds is 8. The topological polar surface area (TPSA) is 84.2 Å². The SMILES string of the molecule is O=C(O)CC(CNC(=O)CCn1cccn1)c1ccc(Cl)cc1.